The van der Waals surface area contributed by atoms with Gasteiger partial charge in [0.05, 0.1) is 6.54 Å². The zero-order valence-corrected chi connectivity index (χ0v) is 13.3. The lowest BCUT2D eigenvalue weighted by Gasteiger charge is -2.36. The molecule has 5 nitrogen and oxygen atoms in total. The number of rotatable bonds is 4. The highest BCUT2D eigenvalue weighted by atomic mass is 16.5. The van der Waals surface area contributed by atoms with Crippen LogP contribution < -0.4 is 5.32 Å². The van der Waals surface area contributed by atoms with Gasteiger partial charge in [-0.2, -0.15) is 4.98 Å². The van der Waals surface area contributed by atoms with Crippen LogP contribution in [0, 0.1) is 5.92 Å². The predicted octanol–water partition coefficient (Wildman–Crippen LogP) is 3.01. The Labute approximate surface area is 121 Å². The zero-order valence-electron chi connectivity index (χ0n) is 13.3. The molecule has 1 N–H and O–H groups in total. The molecule has 0 bridgehead atoms. The molecule has 1 aliphatic rings. The Hall–Kier alpha value is -0.940. The van der Waals surface area contributed by atoms with Gasteiger partial charge < -0.3 is 14.6 Å². The first-order valence-corrected chi connectivity index (χ1v) is 7.48. The minimum absolute atomic E-state index is 0.0347. The first-order chi connectivity index (χ1) is 9.35. The lowest BCUT2D eigenvalue weighted by atomic mass is 9.78. The van der Waals surface area contributed by atoms with Gasteiger partial charge in [0.1, 0.15) is 5.60 Å². The number of ether oxygens (including phenoxy) is 1. The van der Waals surface area contributed by atoms with Crippen LogP contribution in [0.15, 0.2) is 4.52 Å². The molecule has 0 amide bonds. The number of hydrogen-bond donors (Lipinski definition) is 1. The molecule has 1 aliphatic carbocycles. The molecular formula is C15H27N3O2. The van der Waals surface area contributed by atoms with Crippen molar-refractivity contribution in [1.82, 2.24) is 15.5 Å². The normalized spacial score (nSPS) is 27.8. The molecule has 0 spiro atoms. The van der Waals surface area contributed by atoms with Crippen LogP contribution in [0.5, 0.6) is 0 Å². The van der Waals surface area contributed by atoms with E-state index < -0.39 is 0 Å². The van der Waals surface area contributed by atoms with E-state index in [9.17, 15) is 0 Å². The highest BCUT2D eigenvalue weighted by molar-refractivity contribution is 5.04. The Morgan fingerprint density at radius 2 is 2.20 bits per heavy atom. The average Bonchev–Trinajstić information content (AvgIpc) is 2.85. The Balaban J connectivity index is 2.10. The fourth-order valence-corrected chi connectivity index (χ4v) is 2.84. The van der Waals surface area contributed by atoms with Crippen LogP contribution in [-0.4, -0.2) is 22.8 Å². The van der Waals surface area contributed by atoms with Gasteiger partial charge in [-0.05, 0) is 46.0 Å². The van der Waals surface area contributed by atoms with Crippen molar-refractivity contribution in [3.63, 3.8) is 0 Å². The van der Waals surface area contributed by atoms with E-state index in [4.69, 9.17) is 9.26 Å². The van der Waals surface area contributed by atoms with Crippen LogP contribution in [-0.2, 0) is 16.9 Å². The number of methoxy groups -OCH3 is 1. The summed E-state index contributed by atoms with van der Waals surface area (Å²) in [6.07, 6.45) is 4.34. The van der Waals surface area contributed by atoms with Crippen LogP contribution in [0.1, 0.15) is 65.1 Å². The molecular weight excluding hydrogens is 254 g/mol. The summed E-state index contributed by atoms with van der Waals surface area (Å²) in [7, 11) is 1.75. The van der Waals surface area contributed by atoms with Crippen LogP contribution in [0.2, 0.25) is 0 Å². The predicted molar refractivity (Wildman–Crippen MR) is 77.2 cm³/mol. The van der Waals surface area contributed by atoms with Crippen molar-refractivity contribution in [2.24, 2.45) is 5.92 Å². The summed E-state index contributed by atoms with van der Waals surface area (Å²) < 4.78 is 11.2. The van der Waals surface area contributed by atoms with Crippen LogP contribution in [0.4, 0.5) is 0 Å². The maximum absolute atomic E-state index is 5.79. The van der Waals surface area contributed by atoms with Crippen molar-refractivity contribution in [2.75, 3.05) is 7.11 Å². The molecule has 20 heavy (non-hydrogen) atoms. The molecule has 0 saturated heterocycles. The van der Waals surface area contributed by atoms with Crippen molar-refractivity contribution in [3.8, 4) is 0 Å². The standard InChI is InChI=1S/C15H27N3O2/c1-11-7-6-8-15(9-11,19-5)13-17-12(20-18-13)10-16-14(2,3)4/h11,16H,6-10H2,1-5H3. The van der Waals surface area contributed by atoms with Gasteiger partial charge in [0.25, 0.3) is 0 Å². The van der Waals surface area contributed by atoms with Crippen molar-refractivity contribution < 1.29 is 9.26 Å². The third-order valence-electron chi connectivity index (χ3n) is 3.99. The molecule has 1 aromatic heterocycles. The minimum Gasteiger partial charge on any atom is -0.370 e. The van der Waals surface area contributed by atoms with E-state index in [1.54, 1.807) is 7.11 Å². The molecule has 114 valence electrons. The van der Waals surface area contributed by atoms with Gasteiger partial charge in [-0.15, -0.1) is 0 Å². The minimum atomic E-state index is -0.360. The molecule has 1 saturated carbocycles. The lowest BCUT2D eigenvalue weighted by molar-refractivity contribution is -0.0658. The summed E-state index contributed by atoms with van der Waals surface area (Å²) >= 11 is 0. The molecule has 0 radical (unpaired) electrons. The zero-order chi connectivity index (χ0) is 14.8. The third kappa shape index (κ3) is 3.58. The van der Waals surface area contributed by atoms with Gasteiger partial charge in [-0.1, -0.05) is 18.5 Å². The highest BCUT2D eigenvalue weighted by Crippen LogP contribution is 2.41. The van der Waals surface area contributed by atoms with Crippen LogP contribution in [0.25, 0.3) is 0 Å². The fraction of sp³-hybridized carbons (Fsp3) is 0.867. The van der Waals surface area contributed by atoms with E-state index in [0.717, 1.165) is 19.3 Å². The Kier molecular flexibility index (Phi) is 4.49. The maximum Gasteiger partial charge on any atom is 0.240 e. The maximum atomic E-state index is 5.79. The van der Waals surface area contributed by atoms with Gasteiger partial charge in [0.15, 0.2) is 0 Å². The quantitative estimate of drug-likeness (QED) is 0.919. The third-order valence-corrected chi connectivity index (χ3v) is 3.99. The van der Waals surface area contributed by atoms with Crippen molar-refractivity contribution in [3.05, 3.63) is 11.7 Å². The van der Waals surface area contributed by atoms with Crippen molar-refractivity contribution >= 4 is 0 Å². The van der Waals surface area contributed by atoms with E-state index in [1.807, 2.05) is 0 Å². The molecule has 0 aliphatic heterocycles. The highest BCUT2D eigenvalue weighted by Gasteiger charge is 2.40. The summed E-state index contributed by atoms with van der Waals surface area (Å²) in [5.74, 6) is 1.97. The number of nitrogens with zero attached hydrogens (tertiary/aromatic N) is 2. The first-order valence-electron chi connectivity index (χ1n) is 7.48. The summed E-state index contributed by atoms with van der Waals surface area (Å²) in [6.45, 7) is 9.19. The monoisotopic (exact) mass is 281 g/mol. The first kappa shape index (κ1) is 15.4. The second-order valence-corrected chi connectivity index (χ2v) is 7.02. The van der Waals surface area contributed by atoms with Gasteiger partial charge in [-0.25, -0.2) is 0 Å². The SMILES string of the molecule is COC1(c2noc(CNC(C)(C)C)n2)CCCC(C)C1. The van der Waals surface area contributed by atoms with Crippen LogP contribution >= 0.6 is 0 Å². The lowest BCUT2D eigenvalue weighted by Crippen LogP contribution is -2.36. The smallest absolute Gasteiger partial charge is 0.240 e. The Morgan fingerprint density at radius 3 is 2.80 bits per heavy atom. The molecule has 1 aromatic rings. The Bertz CT molecular complexity index is 439. The van der Waals surface area contributed by atoms with Gasteiger partial charge in [0, 0.05) is 12.6 Å². The van der Waals surface area contributed by atoms with E-state index in [0.29, 0.717) is 24.2 Å². The molecule has 2 rings (SSSR count). The summed E-state index contributed by atoms with van der Waals surface area (Å²) in [5, 5.41) is 7.52. The Morgan fingerprint density at radius 1 is 1.45 bits per heavy atom. The van der Waals surface area contributed by atoms with Gasteiger partial charge in [-0.3, -0.25) is 0 Å². The van der Waals surface area contributed by atoms with E-state index in [-0.39, 0.29) is 11.1 Å². The fourth-order valence-electron chi connectivity index (χ4n) is 2.84. The van der Waals surface area contributed by atoms with Gasteiger partial charge in [0.2, 0.25) is 11.7 Å². The van der Waals surface area contributed by atoms with Crippen molar-refractivity contribution in [2.45, 2.75) is 71.1 Å². The topological polar surface area (TPSA) is 60.2 Å². The molecule has 5 heteroatoms. The second-order valence-electron chi connectivity index (χ2n) is 7.02. The van der Waals surface area contributed by atoms with Crippen LogP contribution in [0.3, 0.4) is 0 Å². The average molecular weight is 281 g/mol. The van der Waals surface area contributed by atoms with Gasteiger partial charge >= 0.3 is 0 Å². The summed E-state index contributed by atoms with van der Waals surface area (Å²) in [4.78, 5) is 4.55. The number of nitrogens with one attached hydrogen (secondary N) is 1. The van der Waals surface area contributed by atoms with E-state index in [1.165, 1.54) is 6.42 Å². The molecule has 2 atom stereocenters. The number of hydrogen-bond acceptors (Lipinski definition) is 5. The largest absolute Gasteiger partial charge is 0.370 e. The summed E-state index contributed by atoms with van der Waals surface area (Å²) in [5.41, 5.74) is -0.325. The van der Waals surface area contributed by atoms with E-state index >= 15 is 0 Å². The van der Waals surface area contributed by atoms with Crippen molar-refractivity contribution in [1.29, 1.82) is 0 Å². The molecule has 2 unspecified atom stereocenters. The van der Waals surface area contributed by atoms with E-state index in [2.05, 4.69) is 43.2 Å². The summed E-state index contributed by atoms with van der Waals surface area (Å²) in [6, 6.07) is 0. The molecule has 1 heterocycles. The second kappa shape index (κ2) is 5.82. The molecule has 0 aromatic carbocycles. The number of aromatic nitrogens is 2. The molecule has 1 fully saturated rings.